The number of anilines is 1. The molecule has 2 atom stereocenters. The zero-order valence-electron chi connectivity index (χ0n) is 12.3. The van der Waals surface area contributed by atoms with Gasteiger partial charge in [0.15, 0.2) is 0 Å². The molecule has 0 radical (unpaired) electrons. The minimum absolute atomic E-state index is 0.0266. The predicted octanol–water partition coefficient (Wildman–Crippen LogP) is 3.52. The lowest BCUT2D eigenvalue weighted by Gasteiger charge is -2.36. The van der Waals surface area contributed by atoms with Crippen molar-refractivity contribution in [2.24, 2.45) is 0 Å². The Morgan fingerprint density at radius 3 is 2.68 bits per heavy atom. The van der Waals surface area contributed by atoms with E-state index >= 15 is 0 Å². The lowest BCUT2D eigenvalue weighted by molar-refractivity contribution is -0.384. The highest BCUT2D eigenvalue weighted by Gasteiger charge is 2.29. The molecule has 1 saturated heterocycles. The predicted molar refractivity (Wildman–Crippen MR) is 88.3 cm³/mol. The van der Waals surface area contributed by atoms with Crippen LogP contribution in [0.5, 0.6) is 0 Å². The van der Waals surface area contributed by atoms with Gasteiger partial charge in [0.25, 0.3) is 0 Å². The van der Waals surface area contributed by atoms with Crippen molar-refractivity contribution in [1.29, 1.82) is 0 Å². The molecule has 6 nitrogen and oxygen atoms in total. The monoisotopic (exact) mass is 365 g/mol. The maximum atomic E-state index is 11.5. The van der Waals surface area contributed by atoms with Crippen LogP contribution in [0.2, 0.25) is 0 Å². The van der Waals surface area contributed by atoms with Crippen LogP contribution >= 0.6 is 15.9 Å². The standard InChI is InChI=1S/C15H16BrN3O3/c1-9-7-18(8-10(2)22-9)15-12-5-11(16)3-4-13(12)17-6-14(15)19(20)21/h3-6,9-10H,7-8H2,1-2H3/t9-,10-/m1/s1. The van der Waals surface area contributed by atoms with E-state index < -0.39 is 0 Å². The molecule has 22 heavy (non-hydrogen) atoms. The third-order valence-electron chi connectivity index (χ3n) is 3.71. The van der Waals surface area contributed by atoms with Gasteiger partial charge in [0.1, 0.15) is 11.9 Å². The molecular weight excluding hydrogens is 350 g/mol. The van der Waals surface area contributed by atoms with Crippen molar-refractivity contribution in [3.05, 3.63) is 39.0 Å². The zero-order valence-corrected chi connectivity index (χ0v) is 13.9. The Kier molecular flexibility index (Phi) is 4.01. The van der Waals surface area contributed by atoms with E-state index in [-0.39, 0.29) is 22.8 Å². The first-order valence-corrected chi connectivity index (χ1v) is 7.88. The van der Waals surface area contributed by atoms with Crippen molar-refractivity contribution in [2.75, 3.05) is 18.0 Å². The Hall–Kier alpha value is -1.73. The van der Waals surface area contributed by atoms with Crippen LogP contribution in [0, 0.1) is 10.1 Å². The molecule has 0 saturated carbocycles. The summed E-state index contributed by atoms with van der Waals surface area (Å²) in [7, 11) is 0. The maximum absolute atomic E-state index is 11.5. The van der Waals surface area contributed by atoms with Crippen molar-refractivity contribution in [1.82, 2.24) is 4.98 Å². The summed E-state index contributed by atoms with van der Waals surface area (Å²) in [5.74, 6) is 0. The molecule has 0 amide bonds. The van der Waals surface area contributed by atoms with Crippen LogP contribution < -0.4 is 4.90 Å². The summed E-state index contributed by atoms with van der Waals surface area (Å²) in [6, 6.07) is 5.63. The van der Waals surface area contributed by atoms with Crippen LogP contribution in [0.15, 0.2) is 28.9 Å². The first-order chi connectivity index (χ1) is 10.5. The van der Waals surface area contributed by atoms with E-state index in [1.807, 2.05) is 36.9 Å². The van der Waals surface area contributed by atoms with E-state index in [4.69, 9.17) is 4.74 Å². The molecule has 2 aromatic rings. The summed E-state index contributed by atoms with van der Waals surface area (Å²) in [5.41, 5.74) is 1.40. The minimum Gasteiger partial charge on any atom is -0.372 e. The fraction of sp³-hybridized carbons (Fsp3) is 0.400. The van der Waals surface area contributed by atoms with Gasteiger partial charge >= 0.3 is 5.69 Å². The zero-order chi connectivity index (χ0) is 15.9. The van der Waals surface area contributed by atoms with E-state index in [1.165, 1.54) is 6.20 Å². The molecule has 116 valence electrons. The van der Waals surface area contributed by atoms with Crippen LogP contribution in [0.3, 0.4) is 0 Å². The van der Waals surface area contributed by atoms with E-state index in [0.29, 0.717) is 18.8 Å². The molecule has 7 heteroatoms. The molecule has 3 rings (SSSR count). The Morgan fingerprint density at radius 2 is 2.05 bits per heavy atom. The molecule has 1 aliphatic heterocycles. The average Bonchev–Trinajstić information content (AvgIpc) is 2.44. The number of rotatable bonds is 2. The van der Waals surface area contributed by atoms with Crippen molar-refractivity contribution in [3.8, 4) is 0 Å². The van der Waals surface area contributed by atoms with Gasteiger partial charge in [-0.1, -0.05) is 15.9 Å². The second-order valence-corrected chi connectivity index (χ2v) is 6.49. The summed E-state index contributed by atoms with van der Waals surface area (Å²) < 4.78 is 6.61. The van der Waals surface area contributed by atoms with Gasteiger partial charge in [-0.25, -0.2) is 4.98 Å². The normalized spacial score (nSPS) is 22.0. The highest BCUT2D eigenvalue weighted by Crippen LogP contribution is 2.37. The Balaban J connectivity index is 2.22. The van der Waals surface area contributed by atoms with E-state index in [1.54, 1.807) is 0 Å². The first-order valence-electron chi connectivity index (χ1n) is 7.08. The molecule has 0 aliphatic carbocycles. The molecule has 0 unspecified atom stereocenters. The average molecular weight is 366 g/mol. The Labute approximate surface area is 136 Å². The van der Waals surface area contributed by atoms with Gasteiger partial charge in [0.05, 0.1) is 22.6 Å². The number of nitro groups is 1. The number of hydrogen-bond acceptors (Lipinski definition) is 5. The fourth-order valence-electron chi connectivity index (χ4n) is 2.97. The minimum atomic E-state index is -0.368. The van der Waals surface area contributed by atoms with Crippen LogP contribution in [-0.2, 0) is 4.74 Å². The second kappa shape index (κ2) is 5.81. The molecule has 1 fully saturated rings. The van der Waals surface area contributed by atoms with Crippen LogP contribution in [-0.4, -0.2) is 35.2 Å². The Morgan fingerprint density at radius 1 is 1.36 bits per heavy atom. The van der Waals surface area contributed by atoms with Gasteiger partial charge < -0.3 is 9.64 Å². The van der Waals surface area contributed by atoms with Crippen LogP contribution in [0.25, 0.3) is 10.9 Å². The van der Waals surface area contributed by atoms with Crippen molar-refractivity contribution < 1.29 is 9.66 Å². The molecule has 1 aromatic heterocycles. The number of nitrogens with zero attached hydrogens (tertiary/aromatic N) is 3. The van der Waals surface area contributed by atoms with E-state index in [0.717, 1.165) is 15.4 Å². The number of pyridine rings is 1. The first kappa shape index (κ1) is 15.2. The van der Waals surface area contributed by atoms with Crippen LogP contribution in [0.4, 0.5) is 11.4 Å². The number of benzene rings is 1. The van der Waals surface area contributed by atoms with Gasteiger partial charge in [-0.2, -0.15) is 0 Å². The smallest absolute Gasteiger partial charge is 0.311 e. The number of ether oxygens (including phenoxy) is 1. The summed E-state index contributed by atoms with van der Waals surface area (Å²) in [4.78, 5) is 17.3. The molecule has 0 N–H and O–H groups in total. The number of morpholine rings is 1. The quantitative estimate of drug-likeness (QED) is 0.601. The second-order valence-electron chi connectivity index (χ2n) is 5.57. The van der Waals surface area contributed by atoms with E-state index in [9.17, 15) is 10.1 Å². The largest absolute Gasteiger partial charge is 0.372 e. The lowest BCUT2D eigenvalue weighted by atomic mass is 10.1. The molecule has 0 bridgehead atoms. The topological polar surface area (TPSA) is 68.5 Å². The number of fused-ring (bicyclic) bond motifs is 1. The maximum Gasteiger partial charge on any atom is 0.311 e. The summed E-state index contributed by atoms with van der Waals surface area (Å²) in [5, 5.41) is 12.2. The van der Waals surface area contributed by atoms with Gasteiger partial charge in [-0.05, 0) is 32.0 Å². The van der Waals surface area contributed by atoms with Gasteiger partial charge in [-0.3, -0.25) is 10.1 Å². The fourth-order valence-corrected chi connectivity index (χ4v) is 3.33. The molecule has 0 spiro atoms. The number of aromatic nitrogens is 1. The molecule has 1 aromatic carbocycles. The number of halogens is 1. The van der Waals surface area contributed by atoms with Gasteiger partial charge in [0, 0.05) is 22.9 Å². The third-order valence-corrected chi connectivity index (χ3v) is 4.21. The van der Waals surface area contributed by atoms with Crippen molar-refractivity contribution in [2.45, 2.75) is 26.1 Å². The van der Waals surface area contributed by atoms with Crippen LogP contribution in [0.1, 0.15) is 13.8 Å². The van der Waals surface area contributed by atoms with Crippen molar-refractivity contribution in [3.63, 3.8) is 0 Å². The molecule has 2 heterocycles. The highest BCUT2D eigenvalue weighted by atomic mass is 79.9. The summed E-state index contributed by atoms with van der Waals surface area (Å²) in [6.07, 6.45) is 1.40. The SMILES string of the molecule is C[C@@H]1CN(c2c([N+](=O)[O-])cnc3ccc(Br)cc23)C[C@@H](C)O1. The Bertz CT molecular complexity index is 727. The highest BCUT2D eigenvalue weighted by molar-refractivity contribution is 9.10. The summed E-state index contributed by atoms with van der Waals surface area (Å²) in [6.45, 7) is 5.20. The lowest BCUT2D eigenvalue weighted by Crippen LogP contribution is -2.45. The number of hydrogen-bond donors (Lipinski definition) is 0. The van der Waals surface area contributed by atoms with Gasteiger partial charge in [-0.15, -0.1) is 0 Å². The van der Waals surface area contributed by atoms with E-state index in [2.05, 4.69) is 20.9 Å². The molecule has 1 aliphatic rings. The van der Waals surface area contributed by atoms with Gasteiger partial charge in [0.2, 0.25) is 0 Å². The van der Waals surface area contributed by atoms with Crippen molar-refractivity contribution >= 4 is 38.2 Å². The molecular formula is C15H16BrN3O3. The third kappa shape index (κ3) is 2.78. The summed E-state index contributed by atoms with van der Waals surface area (Å²) >= 11 is 3.44.